The molecule has 18 heavy (non-hydrogen) atoms. The molecule has 1 heterocycles. The summed E-state index contributed by atoms with van der Waals surface area (Å²) in [7, 11) is 1.30. The smallest absolute Gasteiger partial charge is 0.305 e. The zero-order valence-electron chi connectivity index (χ0n) is 9.60. The normalized spacial score (nSPS) is 14.4. The Balaban J connectivity index is 2.50. The SMILES string of the molecule is COc1cc2c(c(C(N)CC(=O)O)c1F)OCO2. The molecule has 1 aliphatic rings. The standard InChI is InChI=1S/C11H12FNO5/c1-16-6-3-7-11(18-4-17-7)9(10(6)12)5(13)2-8(14)15/h3,5H,2,4,13H2,1H3,(H,14,15). The van der Waals surface area contributed by atoms with Crippen LogP contribution in [0.15, 0.2) is 6.07 Å². The van der Waals surface area contributed by atoms with Gasteiger partial charge in [0.2, 0.25) is 6.79 Å². The highest BCUT2D eigenvalue weighted by Crippen LogP contribution is 2.44. The maximum atomic E-state index is 14.1. The first-order chi connectivity index (χ1) is 8.54. The third kappa shape index (κ3) is 2.04. The summed E-state index contributed by atoms with van der Waals surface area (Å²) in [5.41, 5.74) is 5.64. The van der Waals surface area contributed by atoms with Crippen LogP contribution in [0.5, 0.6) is 17.2 Å². The average molecular weight is 257 g/mol. The molecule has 7 heteroatoms. The van der Waals surface area contributed by atoms with Gasteiger partial charge in [-0.25, -0.2) is 4.39 Å². The Bertz CT molecular complexity index is 490. The van der Waals surface area contributed by atoms with E-state index in [4.69, 9.17) is 25.1 Å². The van der Waals surface area contributed by atoms with Crippen molar-refractivity contribution in [1.82, 2.24) is 0 Å². The molecule has 1 aliphatic heterocycles. The number of hydrogen-bond acceptors (Lipinski definition) is 5. The first-order valence-electron chi connectivity index (χ1n) is 5.18. The second-order valence-electron chi connectivity index (χ2n) is 3.74. The number of carboxylic acids is 1. The molecular weight excluding hydrogens is 245 g/mol. The van der Waals surface area contributed by atoms with Crippen LogP contribution >= 0.6 is 0 Å². The van der Waals surface area contributed by atoms with Crippen molar-refractivity contribution in [1.29, 1.82) is 0 Å². The molecule has 6 nitrogen and oxygen atoms in total. The van der Waals surface area contributed by atoms with Gasteiger partial charge < -0.3 is 25.1 Å². The Kier molecular flexibility index (Phi) is 3.24. The van der Waals surface area contributed by atoms with Crippen molar-refractivity contribution in [2.75, 3.05) is 13.9 Å². The van der Waals surface area contributed by atoms with E-state index in [-0.39, 0.29) is 23.9 Å². The molecule has 3 N–H and O–H groups in total. The van der Waals surface area contributed by atoms with Crippen LogP contribution in [0.2, 0.25) is 0 Å². The number of aliphatic carboxylic acids is 1. The summed E-state index contributed by atoms with van der Waals surface area (Å²) < 4.78 is 29.2. The van der Waals surface area contributed by atoms with Crippen LogP contribution in [0.1, 0.15) is 18.0 Å². The maximum Gasteiger partial charge on any atom is 0.305 e. The lowest BCUT2D eigenvalue weighted by atomic mass is 10.0. The van der Waals surface area contributed by atoms with Crippen molar-refractivity contribution < 1.29 is 28.5 Å². The molecule has 0 amide bonds. The minimum atomic E-state index is -1.13. The number of hydrogen-bond donors (Lipinski definition) is 2. The molecular formula is C11H12FNO5. The molecule has 1 aromatic rings. The van der Waals surface area contributed by atoms with Crippen LogP contribution in [0.4, 0.5) is 4.39 Å². The fraction of sp³-hybridized carbons (Fsp3) is 0.364. The number of methoxy groups -OCH3 is 1. The van der Waals surface area contributed by atoms with Crippen LogP contribution in [-0.2, 0) is 4.79 Å². The minimum Gasteiger partial charge on any atom is -0.494 e. The lowest BCUT2D eigenvalue weighted by Crippen LogP contribution is -2.17. The topological polar surface area (TPSA) is 91.0 Å². The van der Waals surface area contributed by atoms with E-state index < -0.39 is 24.2 Å². The zero-order valence-corrected chi connectivity index (χ0v) is 9.60. The monoisotopic (exact) mass is 257 g/mol. The highest BCUT2D eigenvalue weighted by Gasteiger charge is 2.29. The number of benzene rings is 1. The predicted octanol–water partition coefficient (Wildman–Crippen LogP) is 1.04. The largest absolute Gasteiger partial charge is 0.494 e. The van der Waals surface area contributed by atoms with E-state index in [1.165, 1.54) is 13.2 Å². The lowest BCUT2D eigenvalue weighted by molar-refractivity contribution is -0.137. The molecule has 0 saturated carbocycles. The van der Waals surface area contributed by atoms with E-state index in [1.807, 2.05) is 0 Å². The van der Waals surface area contributed by atoms with Crippen LogP contribution in [0.25, 0.3) is 0 Å². The number of rotatable bonds is 4. The molecule has 2 rings (SSSR count). The van der Waals surface area contributed by atoms with Gasteiger partial charge >= 0.3 is 5.97 Å². The van der Waals surface area contributed by atoms with Gasteiger partial charge in [0.25, 0.3) is 0 Å². The van der Waals surface area contributed by atoms with E-state index in [9.17, 15) is 9.18 Å². The summed E-state index contributed by atoms with van der Waals surface area (Å²) in [4.78, 5) is 10.6. The maximum absolute atomic E-state index is 14.1. The van der Waals surface area contributed by atoms with Gasteiger partial charge in [-0.05, 0) is 0 Å². The Morgan fingerprint density at radius 2 is 2.39 bits per heavy atom. The molecule has 0 bridgehead atoms. The van der Waals surface area contributed by atoms with Crippen LogP contribution in [0, 0.1) is 5.82 Å². The van der Waals surface area contributed by atoms with E-state index in [0.29, 0.717) is 5.75 Å². The first kappa shape index (κ1) is 12.4. The summed E-state index contributed by atoms with van der Waals surface area (Å²) >= 11 is 0. The molecule has 98 valence electrons. The molecule has 0 fully saturated rings. The number of carboxylic acid groups (broad SMARTS) is 1. The Morgan fingerprint density at radius 1 is 1.67 bits per heavy atom. The summed E-state index contributed by atoms with van der Waals surface area (Å²) in [5, 5.41) is 8.71. The summed E-state index contributed by atoms with van der Waals surface area (Å²) in [6, 6.07) is 0.308. The number of nitrogens with two attached hydrogens (primary N) is 1. The van der Waals surface area contributed by atoms with Gasteiger partial charge in [-0.3, -0.25) is 4.79 Å². The number of carbonyl (C=O) groups is 1. The molecule has 0 spiro atoms. The van der Waals surface area contributed by atoms with E-state index >= 15 is 0 Å². The summed E-state index contributed by atoms with van der Waals surface area (Å²) in [6.45, 7) is -0.0608. The van der Waals surface area contributed by atoms with Gasteiger partial charge in [0, 0.05) is 12.1 Å². The molecule has 1 unspecified atom stereocenters. The highest BCUT2D eigenvalue weighted by molar-refractivity contribution is 5.69. The number of fused-ring (bicyclic) bond motifs is 1. The third-order valence-corrected chi connectivity index (χ3v) is 2.59. The second-order valence-corrected chi connectivity index (χ2v) is 3.74. The van der Waals surface area contributed by atoms with Crippen molar-refractivity contribution in [3.8, 4) is 17.2 Å². The van der Waals surface area contributed by atoms with Crippen molar-refractivity contribution >= 4 is 5.97 Å². The zero-order chi connectivity index (χ0) is 13.3. The first-order valence-corrected chi connectivity index (χ1v) is 5.18. The van der Waals surface area contributed by atoms with Gasteiger partial charge in [-0.15, -0.1) is 0 Å². The fourth-order valence-corrected chi connectivity index (χ4v) is 1.79. The van der Waals surface area contributed by atoms with Gasteiger partial charge in [0.15, 0.2) is 23.1 Å². The minimum absolute atomic E-state index is 0.0377. The molecule has 0 radical (unpaired) electrons. The molecule has 0 saturated heterocycles. The van der Waals surface area contributed by atoms with Gasteiger partial charge in [0.1, 0.15) is 0 Å². The Morgan fingerprint density at radius 3 is 3.00 bits per heavy atom. The molecule has 0 aromatic heterocycles. The fourth-order valence-electron chi connectivity index (χ4n) is 1.79. The predicted molar refractivity (Wildman–Crippen MR) is 58.3 cm³/mol. The average Bonchev–Trinajstić information content (AvgIpc) is 2.74. The lowest BCUT2D eigenvalue weighted by Gasteiger charge is -2.15. The van der Waals surface area contributed by atoms with E-state index in [2.05, 4.69) is 0 Å². The molecule has 1 aromatic carbocycles. The Labute approximate surface area is 102 Å². The summed E-state index contributed by atoms with van der Waals surface area (Å²) in [6.07, 6.45) is -0.417. The second kappa shape index (κ2) is 4.69. The van der Waals surface area contributed by atoms with Crippen molar-refractivity contribution in [2.45, 2.75) is 12.5 Å². The van der Waals surface area contributed by atoms with Gasteiger partial charge in [0.05, 0.1) is 19.1 Å². The van der Waals surface area contributed by atoms with Crippen molar-refractivity contribution in [3.05, 3.63) is 17.4 Å². The van der Waals surface area contributed by atoms with Crippen LogP contribution in [-0.4, -0.2) is 25.0 Å². The Hall–Kier alpha value is -2.02. The van der Waals surface area contributed by atoms with Gasteiger partial charge in [-0.1, -0.05) is 0 Å². The third-order valence-electron chi connectivity index (χ3n) is 2.59. The molecule has 1 atom stereocenters. The van der Waals surface area contributed by atoms with E-state index in [0.717, 1.165) is 0 Å². The van der Waals surface area contributed by atoms with Crippen molar-refractivity contribution in [3.63, 3.8) is 0 Å². The summed E-state index contributed by atoms with van der Waals surface area (Å²) in [5.74, 6) is -1.48. The molecule has 0 aliphatic carbocycles. The number of halogens is 1. The van der Waals surface area contributed by atoms with Crippen LogP contribution in [0.3, 0.4) is 0 Å². The van der Waals surface area contributed by atoms with Crippen molar-refractivity contribution in [2.24, 2.45) is 5.73 Å². The van der Waals surface area contributed by atoms with Crippen LogP contribution < -0.4 is 19.9 Å². The quantitative estimate of drug-likeness (QED) is 0.837. The van der Waals surface area contributed by atoms with E-state index in [1.54, 1.807) is 0 Å². The highest BCUT2D eigenvalue weighted by atomic mass is 19.1. The number of ether oxygens (including phenoxy) is 3. The van der Waals surface area contributed by atoms with Gasteiger partial charge in [-0.2, -0.15) is 0 Å².